The Kier molecular flexibility index (Phi) is 4.66. The molecule has 0 atom stereocenters. The van der Waals surface area contributed by atoms with Crippen molar-refractivity contribution in [2.24, 2.45) is 0 Å². The van der Waals surface area contributed by atoms with E-state index in [9.17, 15) is 9.59 Å². The van der Waals surface area contributed by atoms with Gasteiger partial charge in [-0.15, -0.1) is 0 Å². The van der Waals surface area contributed by atoms with E-state index in [4.69, 9.17) is 16.7 Å². The predicted octanol–water partition coefficient (Wildman–Crippen LogP) is 2.40. The van der Waals surface area contributed by atoms with E-state index in [2.05, 4.69) is 9.88 Å². The summed E-state index contributed by atoms with van der Waals surface area (Å²) in [5, 5.41) is 9.43. The number of nitrogens with zero attached hydrogens (tertiary/aromatic N) is 3. The molecule has 1 fully saturated rings. The molecule has 1 N–H and O–H groups in total. The van der Waals surface area contributed by atoms with Crippen LogP contribution >= 0.6 is 11.6 Å². The summed E-state index contributed by atoms with van der Waals surface area (Å²) in [6, 6.07) is 10.2. The number of carbonyl (C=O) groups excluding carboxylic acids is 1. The summed E-state index contributed by atoms with van der Waals surface area (Å²) in [6.07, 6.45) is 1.55. The first kappa shape index (κ1) is 16.3. The summed E-state index contributed by atoms with van der Waals surface area (Å²) >= 11 is 5.94. The van der Waals surface area contributed by atoms with Crippen molar-refractivity contribution in [3.05, 3.63) is 58.9 Å². The van der Waals surface area contributed by atoms with E-state index in [0.717, 1.165) is 5.69 Å². The third kappa shape index (κ3) is 3.49. The topological polar surface area (TPSA) is 73.7 Å². The molecule has 1 aliphatic heterocycles. The number of aromatic nitrogens is 1. The van der Waals surface area contributed by atoms with Gasteiger partial charge in [-0.1, -0.05) is 17.7 Å². The molecule has 0 spiro atoms. The van der Waals surface area contributed by atoms with Crippen LogP contribution in [-0.4, -0.2) is 53.0 Å². The van der Waals surface area contributed by atoms with E-state index in [-0.39, 0.29) is 11.6 Å². The average Bonchev–Trinajstić information content (AvgIpc) is 2.61. The molecule has 1 aromatic carbocycles. The van der Waals surface area contributed by atoms with E-state index in [1.165, 1.54) is 6.07 Å². The highest BCUT2D eigenvalue weighted by Gasteiger charge is 2.22. The number of halogens is 1. The van der Waals surface area contributed by atoms with Crippen LogP contribution in [0.15, 0.2) is 42.6 Å². The second-order valence-corrected chi connectivity index (χ2v) is 5.93. The first-order valence-electron chi connectivity index (χ1n) is 7.54. The fraction of sp³-hybridized carbons (Fsp3) is 0.235. The molecule has 0 bridgehead atoms. The molecular formula is C17H16ClN3O3. The van der Waals surface area contributed by atoms with Crippen LogP contribution < -0.4 is 4.90 Å². The maximum Gasteiger partial charge on any atom is 0.354 e. The number of carboxylic acids is 1. The van der Waals surface area contributed by atoms with Gasteiger partial charge in [-0.05, 0) is 30.3 Å². The molecule has 6 nitrogen and oxygen atoms in total. The van der Waals surface area contributed by atoms with Gasteiger partial charge in [-0.3, -0.25) is 4.79 Å². The van der Waals surface area contributed by atoms with Gasteiger partial charge in [-0.25, -0.2) is 9.78 Å². The summed E-state index contributed by atoms with van der Waals surface area (Å²) in [5.41, 5.74) is 1.46. The fourth-order valence-corrected chi connectivity index (χ4v) is 2.86. The minimum atomic E-state index is -1.04. The lowest BCUT2D eigenvalue weighted by atomic mass is 10.1. The van der Waals surface area contributed by atoms with Crippen LogP contribution in [0.5, 0.6) is 0 Å². The largest absolute Gasteiger partial charge is 0.477 e. The number of carbonyl (C=O) groups is 2. The van der Waals surface area contributed by atoms with Gasteiger partial charge in [0.1, 0.15) is 5.69 Å². The number of amides is 1. The maximum absolute atomic E-state index is 12.5. The number of rotatable bonds is 3. The van der Waals surface area contributed by atoms with Crippen molar-refractivity contribution in [3.8, 4) is 0 Å². The molecule has 2 heterocycles. The summed E-state index contributed by atoms with van der Waals surface area (Å²) in [6.45, 7) is 2.51. The van der Waals surface area contributed by atoms with Crippen LogP contribution in [-0.2, 0) is 0 Å². The Morgan fingerprint density at radius 1 is 1.08 bits per heavy atom. The summed E-state index contributed by atoms with van der Waals surface area (Å²) in [4.78, 5) is 31.1. The third-order valence-electron chi connectivity index (χ3n) is 3.97. The second kappa shape index (κ2) is 6.88. The smallest absolute Gasteiger partial charge is 0.354 e. The molecule has 0 radical (unpaired) electrons. The number of carboxylic acid groups (broad SMARTS) is 1. The monoisotopic (exact) mass is 345 g/mol. The summed E-state index contributed by atoms with van der Waals surface area (Å²) < 4.78 is 0. The Morgan fingerprint density at radius 3 is 2.42 bits per heavy atom. The molecule has 3 rings (SSSR count). The van der Waals surface area contributed by atoms with E-state index in [1.54, 1.807) is 41.4 Å². The lowest BCUT2D eigenvalue weighted by molar-refractivity contribution is 0.0688. The molecule has 2 aromatic rings. The van der Waals surface area contributed by atoms with Crippen LogP contribution in [0.4, 0.5) is 5.69 Å². The van der Waals surface area contributed by atoms with Gasteiger partial charge in [0.05, 0.1) is 11.9 Å². The van der Waals surface area contributed by atoms with Gasteiger partial charge < -0.3 is 14.9 Å². The lowest BCUT2D eigenvalue weighted by Gasteiger charge is -2.36. The molecule has 24 heavy (non-hydrogen) atoms. The zero-order chi connectivity index (χ0) is 17.1. The van der Waals surface area contributed by atoms with Crippen molar-refractivity contribution in [1.29, 1.82) is 0 Å². The average molecular weight is 346 g/mol. The highest BCUT2D eigenvalue weighted by atomic mass is 35.5. The van der Waals surface area contributed by atoms with Gasteiger partial charge in [-0.2, -0.15) is 0 Å². The Hall–Kier alpha value is -2.60. The number of benzene rings is 1. The molecular weight excluding hydrogens is 330 g/mol. The first-order valence-corrected chi connectivity index (χ1v) is 7.91. The fourth-order valence-electron chi connectivity index (χ4n) is 2.67. The Bertz CT molecular complexity index is 756. The Labute approximate surface area is 144 Å². The van der Waals surface area contributed by atoms with Crippen LogP contribution in [0, 0.1) is 0 Å². The van der Waals surface area contributed by atoms with Gasteiger partial charge in [0.15, 0.2) is 0 Å². The van der Waals surface area contributed by atoms with Crippen molar-refractivity contribution in [2.75, 3.05) is 31.1 Å². The number of hydrogen-bond acceptors (Lipinski definition) is 4. The highest BCUT2D eigenvalue weighted by Crippen LogP contribution is 2.18. The lowest BCUT2D eigenvalue weighted by Crippen LogP contribution is -2.48. The molecule has 1 aromatic heterocycles. The van der Waals surface area contributed by atoms with Gasteiger partial charge in [0, 0.05) is 36.8 Å². The van der Waals surface area contributed by atoms with Gasteiger partial charge in [0.25, 0.3) is 5.91 Å². The zero-order valence-electron chi connectivity index (χ0n) is 12.9. The minimum Gasteiger partial charge on any atom is -0.477 e. The standard InChI is InChI=1S/C17H16ClN3O3/c18-13-3-1-2-12(10-13)16(22)21-8-6-20(7-9-21)14-4-5-15(17(23)24)19-11-14/h1-5,10-11H,6-9H2,(H,23,24). The molecule has 7 heteroatoms. The Morgan fingerprint density at radius 2 is 1.83 bits per heavy atom. The predicted molar refractivity (Wildman–Crippen MR) is 90.8 cm³/mol. The first-order chi connectivity index (χ1) is 11.5. The van der Waals surface area contributed by atoms with Crippen molar-refractivity contribution >= 4 is 29.2 Å². The van der Waals surface area contributed by atoms with E-state index < -0.39 is 5.97 Å². The second-order valence-electron chi connectivity index (χ2n) is 5.50. The van der Waals surface area contributed by atoms with E-state index in [1.807, 2.05) is 0 Å². The minimum absolute atomic E-state index is 0.0218. The molecule has 1 saturated heterocycles. The molecule has 1 amide bonds. The number of pyridine rings is 1. The van der Waals surface area contributed by atoms with Crippen molar-refractivity contribution in [3.63, 3.8) is 0 Å². The number of piperazine rings is 1. The number of aromatic carboxylic acids is 1. The number of hydrogen-bond donors (Lipinski definition) is 1. The normalized spacial score (nSPS) is 14.5. The summed E-state index contributed by atoms with van der Waals surface area (Å²) in [7, 11) is 0. The highest BCUT2D eigenvalue weighted by molar-refractivity contribution is 6.30. The third-order valence-corrected chi connectivity index (χ3v) is 4.21. The van der Waals surface area contributed by atoms with Crippen LogP contribution in [0.3, 0.4) is 0 Å². The molecule has 1 aliphatic rings. The van der Waals surface area contributed by atoms with E-state index >= 15 is 0 Å². The number of anilines is 1. The van der Waals surface area contributed by atoms with Gasteiger partial charge >= 0.3 is 5.97 Å². The maximum atomic E-state index is 12.5. The van der Waals surface area contributed by atoms with Gasteiger partial charge in [0.2, 0.25) is 0 Å². The van der Waals surface area contributed by atoms with E-state index in [0.29, 0.717) is 36.8 Å². The van der Waals surface area contributed by atoms with Crippen LogP contribution in [0.1, 0.15) is 20.8 Å². The molecule has 124 valence electrons. The zero-order valence-corrected chi connectivity index (χ0v) is 13.6. The summed E-state index contributed by atoms with van der Waals surface area (Å²) in [5.74, 6) is -1.07. The van der Waals surface area contributed by atoms with Crippen LogP contribution in [0.25, 0.3) is 0 Å². The molecule has 0 unspecified atom stereocenters. The Balaban J connectivity index is 1.63. The SMILES string of the molecule is O=C(O)c1ccc(N2CCN(C(=O)c3cccc(Cl)c3)CC2)cn1. The molecule has 0 aliphatic carbocycles. The molecule has 0 saturated carbocycles. The van der Waals surface area contributed by atoms with Crippen molar-refractivity contribution in [2.45, 2.75) is 0 Å². The van der Waals surface area contributed by atoms with Crippen molar-refractivity contribution < 1.29 is 14.7 Å². The quantitative estimate of drug-likeness (QED) is 0.924. The van der Waals surface area contributed by atoms with Crippen LogP contribution in [0.2, 0.25) is 5.02 Å². The van der Waals surface area contributed by atoms with Crippen molar-refractivity contribution in [1.82, 2.24) is 9.88 Å².